The Balaban J connectivity index is 1.09. The molecule has 1 heterocycles. The van der Waals surface area contributed by atoms with Gasteiger partial charge in [-0.3, -0.25) is 4.99 Å². The summed E-state index contributed by atoms with van der Waals surface area (Å²) >= 11 is 0. The lowest BCUT2D eigenvalue weighted by atomic mass is 9.74. The fourth-order valence-corrected chi connectivity index (χ4v) is 9.42. The predicted octanol–water partition coefficient (Wildman–Crippen LogP) is 14.6. The number of nitrogens with zero attached hydrogens (tertiary/aromatic N) is 2. The lowest BCUT2D eigenvalue weighted by molar-refractivity contribution is 0.532. The van der Waals surface area contributed by atoms with Crippen LogP contribution in [0.5, 0.6) is 0 Å². The first-order chi connectivity index (χ1) is 28.7. The second-order valence-electron chi connectivity index (χ2n) is 15.7. The largest absolute Gasteiger partial charge is 0.257 e. The van der Waals surface area contributed by atoms with Gasteiger partial charge in [0.25, 0.3) is 0 Å². The van der Waals surface area contributed by atoms with Crippen LogP contribution in [0, 0.1) is 11.8 Å². The minimum atomic E-state index is -0.0167. The van der Waals surface area contributed by atoms with Gasteiger partial charge in [0.1, 0.15) is 0 Å². The molecule has 7 aromatic carbocycles. The van der Waals surface area contributed by atoms with E-state index < -0.39 is 0 Å². The average Bonchev–Trinajstić information content (AvgIpc) is 3.29. The highest BCUT2D eigenvalue weighted by atomic mass is 15.0. The Bertz CT molecular complexity index is 2620. The van der Waals surface area contributed by atoms with Gasteiger partial charge in [-0.25, -0.2) is 4.99 Å². The topological polar surface area (TPSA) is 24.7 Å². The molecule has 7 aromatic rings. The van der Waals surface area contributed by atoms with E-state index in [1.807, 2.05) is 0 Å². The number of benzene rings is 7. The molecule has 0 spiro atoms. The molecule has 58 heavy (non-hydrogen) atoms. The Morgan fingerprint density at radius 3 is 1.66 bits per heavy atom. The van der Waals surface area contributed by atoms with Crippen LogP contribution in [-0.2, 0) is 0 Å². The lowest BCUT2D eigenvalue weighted by Gasteiger charge is -2.30. The molecule has 4 atom stereocenters. The van der Waals surface area contributed by atoms with Crippen LogP contribution in [0.2, 0.25) is 0 Å². The van der Waals surface area contributed by atoms with Crippen molar-refractivity contribution in [3.05, 3.63) is 228 Å². The van der Waals surface area contributed by atoms with Crippen LogP contribution in [0.15, 0.2) is 204 Å². The first-order valence-electron chi connectivity index (χ1n) is 21.1. The van der Waals surface area contributed by atoms with Gasteiger partial charge < -0.3 is 0 Å². The summed E-state index contributed by atoms with van der Waals surface area (Å²) in [6.45, 7) is 4.60. The third kappa shape index (κ3) is 7.43. The normalized spacial score (nSPS) is 21.4. The maximum atomic E-state index is 5.46. The third-order valence-electron chi connectivity index (χ3n) is 12.3. The van der Waals surface area contributed by atoms with Crippen molar-refractivity contribution in [2.24, 2.45) is 21.8 Å². The summed E-state index contributed by atoms with van der Waals surface area (Å²) in [5.74, 6) is 1.66. The minimum Gasteiger partial charge on any atom is -0.257 e. The highest BCUT2D eigenvalue weighted by Crippen LogP contribution is 2.44. The number of allylic oxidation sites excluding steroid dienone is 4. The number of amidine groups is 1. The SMILES string of the molecule is CCC1C(c2ccccc2)=NC(c2ccc(-c3ccc(/C4=C/C(c5ccccc5)C(CC)/C(c5ccccc5)=C\CC4)cc3)c3ccccc23)=NC1c1ccccc1. The molecule has 2 nitrogen and oxygen atoms in total. The van der Waals surface area contributed by atoms with Gasteiger partial charge in [0, 0.05) is 17.4 Å². The smallest absolute Gasteiger partial charge is 0.156 e. The van der Waals surface area contributed by atoms with E-state index in [2.05, 4.69) is 208 Å². The van der Waals surface area contributed by atoms with Crippen LogP contribution in [0.4, 0.5) is 0 Å². The molecule has 2 aliphatic rings. The molecule has 0 fully saturated rings. The molecule has 2 heteroatoms. The zero-order valence-corrected chi connectivity index (χ0v) is 33.5. The highest BCUT2D eigenvalue weighted by Gasteiger charge is 2.32. The monoisotopic (exact) mass is 750 g/mol. The predicted molar refractivity (Wildman–Crippen MR) is 246 cm³/mol. The first-order valence-corrected chi connectivity index (χ1v) is 21.1. The molecule has 1 aliphatic carbocycles. The fraction of sp³-hybridized carbons (Fsp3) is 0.179. The van der Waals surface area contributed by atoms with Crippen LogP contribution >= 0.6 is 0 Å². The van der Waals surface area contributed by atoms with Crippen molar-refractivity contribution in [1.29, 1.82) is 0 Å². The zero-order valence-electron chi connectivity index (χ0n) is 33.5. The molecule has 0 aromatic heterocycles. The van der Waals surface area contributed by atoms with E-state index >= 15 is 0 Å². The molecule has 0 amide bonds. The van der Waals surface area contributed by atoms with Gasteiger partial charge in [-0.15, -0.1) is 0 Å². The second kappa shape index (κ2) is 17.0. The number of fused-ring (bicyclic) bond motifs is 1. The molecule has 284 valence electrons. The standard InChI is InChI=1S/C56H50N2/c1-3-46-48(40-20-9-5-10-21-40)31-19-28-45(38-53(46)41-22-11-6-12-23-41)39-32-34-42(35-33-39)49-36-37-52(51-30-18-17-29-50(49)51)56-57-54(43-24-13-7-14-25-43)47(4-2)55(58-56)44-26-15-8-16-27-44/h5-18,20-27,29-38,46-47,53-54H,3-4,19,28H2,1-2H3/b45-38+,48-31-. The Hall–Kier alpha value is -6.38. The Kier molecular flexibility index (Phi) is 10.9. The van der Waals surface area contributed by atoms with Gasteiger partial charge >= 0.3 is 0 Å². The van der Waals surface area contributed by atoms with Crippen molar-refractivity contribution in [2.75, 3.05) is 0 Å². The average molecular weight is 751 g/mol. The number of rotatable bonds is 9. The van der Waals surface area contributed by atoms with Gasteiger partial charge in [0.2, 0.25) is 0 Å². The van der Waals surface area contributed by atoms with E-state index in [1.54, 1.807) is 0 Å². The maximum absolute atomic E-state index is 5.46. The summed E-state index contributed by atoms with van der Waals surface area (Å²) in [5.41, 5.74) is 13.9. The lowest BCUT2D eigenvalue weighted by Crippen LogP contribution is -2.28. The van der Waals surface area contributed by atoms with Crippen LogP contribution < -0.4 is 0 Å². The van der Waals surface area contributed by atoms with Crippen LogP contribution in [0.3, 0.4) is 0 Å². The van der Waals surface area contributed by atoms with Gasteiger partial charge in [0.15, 0.2) is 5.84 Å². The van der Waals surface area contributed by atoms with Crippen LogP contribution in [-0.4, -0.2) is 11.5 Å². The van der Waals surface area contributed by atoms with Gasteiger partial charge in [-0.2, -0.15) is 0 Å². The Morgan fingerprint density at radius 2 is 1.02 bits per heavy atom. The first kappa shape index (κ1) is 37.2. The maximum Gasteiger partial charge on any atom is 0.156 e. The molecule has 9 rings (SSSR count). The van der Waals surface area contributed by atoms with E-state index in [-0.39, 0.29) is 17.9 Å². The second-order valence-corrected chi connectivity index (χ2v) is 15.7. The summed E-state index contributed by atoms with van der Waals surface area (Å²) < 4.78 is 0. The molecule has 0 N–H and O–H groups in total. The van der Waals surface area contributed by atoms with Gasteiger partial charge in [-0.1, -0.05) is 202 Å². The molecule has 0 saturated heterocycles. The molecular formula is C56H50N2. The van der Waals surface area contributed by atoms with Crippen molar-refractivity contribution in [3.63, 3.8) is 0 Å². The zero-order chi connectivity index (χ0) is 39.3. The van der Waals surface area contributed by atoms with Crippen molar-refractivity contribution in [1.82, 2.24) is 0 Å². The van der Waals surface area contributed by atoms with E-state index in [9.17, 15) is 0 Å². The summed E-state index contributed by atoms with van der Waals surface area (Å²) in [7, 11) is 0. The third-order valence-corrected chi connectivity index (χ3v) is 12.3. The summed E-state index contributed by atoms with van der Waals surface area (Å²) in [6, 6.07) is 66.1. The number of aliphatic imine (C=N–C) groups is 2. The number of hydrogen-bond acceptors (Lipinski definition) is 2. The molecule has 0 bridgehead atoms. The van der Waals surface area contributed by atoms with E-state index in [1.165, 1.54) is 55.3 Å². The van der Waals surface area contributed by atoms with Crippen LogP contribution in [0.1, 0.15) is 84.9 Å². The fourth-order valence-electron chi connectivity index (χ4n) is 9.42. The van der Waals surface area contributed by atoms with Gasteiger partial charge in [-0.05, 0) is 98.5 Å². The van der Waals surface area contributed by atoms with Crippen molar-refractivity contribution in [3.8, 4) is 11.1 Å². The summed E-state index contributed by atoms with van der Waals surface area (Å²) in [5, 5.41) is 2.38. The minimum absolute atomic E-state index is 0.0167. The molecule has 0 saturated carbocycles. The van der Waals surface area contributed by atoms with Crippen molar-refractivity contribution in [2.45, 2.75) is 51.5 Å². The van der Waals surface area contributed by atoms with Crippen molar-refractivity contribution >= 4 is 33.5 Å². The van der Waals surface area contributed by atoms with E-state index in [0.717, 1.165) is 48.4 Å². The van der Waals surface area contributed by atoms with Crippen LogP contribution in [0.25, 0.3) is 33.0 Å². The number of hydrogen-bond donors (Lipinski definition) is 0. The molecule has 1 aliphatic heterocycles. The summed E-state index contributed by atoms with van der Waals surface area (Å²) in [6.07, 6.45) is 9.15. The summed E-state index contributed by atoms with van der Waals surface area (Å²) in [4.78, 5) is 10.9. The Morgan fingerprint density at radius 1 is 0.483 bits per heavy atom. The van der Waals surface area contributed by atoms with E-state index in [0.29, 0.717) is 5.92 Å². The molecule has 0 radical (unpaired) electrons. The van der Waals surface area contributed by atoms with E-state index in [4.69, 9.17) is 9.98 Å². The molecular weight excluding hydrogens is 701 g/mol. The highest BCUT2D eigenvalue weighted by molar-refractivity contribution is 6.20. The van der Waals surface area contributed by atoms with Gasteiger partial charge in [0.05, 0.1) is 11.8 Å². The Labute approximate surface area is 344 Å². The quantitative estimate of drug-likeness (QED) is 0.140. The molecule has 4 unspecified atom stereocenters. The van der Waals surface area contributed by atoms with Crippen molar-refractivity contribution < 1.29 is 0 Å².